The molecule has 0 N–H and O–H groups in total. The minimum Gasteiger partial charge on any atom is -0.380 e. The Labute approximate surface area is 97.9 Å². The number of hydrogen-bond acceptors (Lipinski definition) is 3. The van der Waals surface area contributed by atoms with Crippen LogP contribution < -0.4 is 0 Å². The standard InChI is InChI=1S/C12H23NOS/c1-9(2)13-11(4)5-10(3)12(8-15-13)6-14-7-12/h9-11H,5-8H2,1-4H3. The van der Waals surface area contributed by atoms with Gasteiger partial charge in [0.15, 0.2) is 0 Å². The van der Waals surface area contributed by atoms with Gasteiger partial charge in [0.2, 0.25) is 0 Å². The third-order valence-electron chi connectivity index (χ3n) is 3.96. The Morgan fingerprint density at radius 3 is 2.47 bits per heavy atom. The summed E-state index contributed by atoms with van der Waals surface area (Å²) in [4.78, 5) is 0. The zero-order valence-corrected chi connectivity index (χ0v) is 11.1. The molecule has 0 aromatic rings. The van der Waals surface area contributed by atoms with Crippen LogP contribution in [0.4, 0.5) is 0 Å². The Hall–Kier alpha value is 0.270. The summed E-state index contributed by atoms with van der Waals surface area (Å²) in [5.74, 6) is 2.05. The van der Waals surface area contributed by atoms with Gasteiger partial charge in [-0.05, 0) is 33.1 Å². The van der Waals surface area contributed by atoms with Crippen molar-refractivity contribution in [1.29, 1.82) is 0 Å². The normalized spacial score (nSPS) is 36.6. The molecule has 0 radical (unpaired) electrons. The summed E-state index contributed by atoms with van der Waals surface area (Å²) in [5.41, 5.74) is 0.489. The number of nitrogens with zero attached hydrogens (tertiary/aromatic N) is 1. The van der Waals surface area contributed by atoms with E-state index >= 15 is 0 Å². The van der Waals surface area contributed by atoms with Gasteiger partial charge in [-0.2, -0.15) is 0 Å². The Kier molecular flexibility index (Phi) is 3.34. The second kappa shape index (κ2) is 4.27. The van der Waals surface area contributed by atoms with Crippen LogP contribution in [-0.2, 0) is 4.74 Å². The van der Waals surface area contributed by atoms with Crippen molar-refractivity contribution in [3.05, 3.63) is 0 Å². The minimum atomic E-state index is 0.489. The zero-order valence-electron chi connectivity index (χ0n) is 10.3. The molecular formula is C12H23NOS. The molecule has 0 aromatic carbocycles. The molecule has 2 nitrogen and oxygen atoms in total. The van der Waals surface area contributed by atoms with Gasteiger partial charge in [0.25, 0.3) is 0 Å². The predicted molar refractivity (Wildman–Crippen MR) is 65.9 cm³/mol. The van der Waals surface area contributed by atoms with E-state index in [1.165, 1.54) is 12.2 Å². The topological polar surface area (TPSA) is 12.5 Å². The van der Waals surface area contributed by atoms with Gasteiger partial charge in [-0.3, -0.25) is 0 Å². The van der Waals surface area contributed by atoms with E-state index in [0.717, 1.165) is 19.1 Å². The van der Waals surface area contributed by atoms with E-state index in [9.17, 15) is 0 Å². The number of hydrogen-bond donors (Lipinski definition) is 0. The first-order chi connectivity index (χ1) is 7.05. The molecule has 2 fully saturated rings. The fourth-order valence-electron chi connectivity index (χ4n) is 2.73. The summed E-state index contributed by atoms with van der Waals surface area (Å²) >= 11 is 2.04. The summed E-state index contributed by atoms with van der Waals surface area (Å²) in [6.07, 6.45) is 1.31. The Bertz CT molecular complexity index is 228. The van der Waals surface area contributed by atoms with E-state index in [0.29, 0.717) is 17.5 Å². The van der Waals surface area contributed by atoms with E-state index in [4.69, 9.17) is 4.74 Å². The molecule has 0 amide bonds. The lowest BCUT2D eigenvalue weighted by molar-refractivity contribution is -0.128. The van der Waals surface area contributed by atoms with E-state index in [1.807, 2.05) is 11.9 Å². The van der Waals surface area contributed by atoms with Crippen molar-refractivity contribution in [2.45, 2.75) is 46.2 Å². The first-order valence-electron chi connectivity index (χ1n) is 6.04. The molecule has 0 aliphatic carbocycles. The maximum absolute atomic E-state index is 5.44. The monoisotopic (exact) mass is 229 g/mol. The summed E-state index contributed by atoms with van der Waals surface area (Å²) in [6, 6.07) is 1.35. The smallest absolute Gasteiger partial charge is 0.0555 e. The average Bonchev–Trinajstić information content (AvgIpc) is 2.19. The van der Waals surface area contributed by atoms with Gasteiger partial charge in [-0.15, -0.1) is 0 Å². The molecule has 15 heavy (non-hydrogen) atoms. The second-order valence-corrected chi connectivity index (χ2v) is 6.54. The highest BCUT2D eigenvalue weighted by Crippen LogP contribution is 2.45. The van der Waals surface area contributed by atoms with E-state index in [2.05, 4.69) is 32.0 Å². The second-order valence-electron chi connectivity index (χ2n) is 5.57. The van der Waals surface area contributed by atoms with Crippen LogP contribution in [0.1, 0.15) is 34.1 Å². The van der Waals surface area contributed by atoms with Gasteiger partial charge in [0.05, 0.1) is 13.2 Å². The van der Waals surface area contributed by atoms with Crippen molar-refractivity contribution in [2.24, 2.45) is 11.3 Å². The van der Waals surface area contributed by atoms with Gasteiger partial charge in [-0.25, -0.2) is 4.31 Å². The van der Waals surface area contributed by atoms with Crippen LogP contribution in [0.25, 0.3) is 0 Å². The molecule has 2 aliphatic rings. The minimum absolute atomic E-state index is 0.489. The molecule has 3 heteroatoms. The van der Waals surface area contributed by atoms with E-state index in [-0.39, 0.29) is 0 Å². The summed E-state index contributed by atoms with van der Waals surface area (Å²) in [7, 11) is 0. The van der Waals surface area contributed by atoms with Crippen LogP contribution in [0.5, 0.6) is 0 Å². The van der Waals surface area contributed by atoms with Crippen LogP contribution in [0.2, 0.25) is 0 Å². The third-order valence-corrected chi connectivity index (χ3v) is 5.75. The highest BCUT2D eigenvalue weighted by atomic mass is 32.2. The van der Waals surface area contributed by atoms with Crippen molar-refractivity contribution < 1.29 is 4.74 Å². The quantitative estimate of drug-likeness (QED) is 0.642. The van der Waals surface area contributed by atoms with Crippen LogP contribution in [-0.4, -0.2) is 35.4 Å². The molecule has 1 spiro atoms. The zero-order chi connectivity index (χ0) is 11.1. The molecule has 88 valence electrons. The highest BCUT2D eigenvalue weighted by molar-refractivity contribution is 7.97. The summed E-state index contributed by atoms with van der Waals surface area (Å²) in [6.45, 7) is 11.3. The van der Waals surface area contributed by atoms with Gasteiger partial charge < -0.3 is 4.74 Å². The Morgan fingerprint density at radius 2 is 2.00 bits per heavy atom. The fourth-order valence-corrected chi connectivity index (χ4v) is 4.22. The molecule has 2 rings (SSSR count). The number of rotatable bonds is 1. The molecule has 2 heterocycles. The van der Waals surface area contributed by atoms with Crippen LogP contribution in [0, 0.1) is 11.3 Å². The van der Waals surface area contributed by atoms with Gasteiger partial charge in [0, 0.05) is 23.3 Å². The fraction of sp³-hybridized carbons (Fsp3) is 1.00. The van der Waals surface area contributed by atoms with Crippen LogP contribution in [0.15, 0.2) is 0 Å². The van der Waals surface area contributed by atoms with Gasteiger partial charge in [-0.1, -0.05) is 18.9 Å². The maximum Gasteiger partial charge on any atom is 0.0555 e. The van der Waals surface area contributed by atoms with Crippen molar-refractivity contribution >= 4 is 11.9 Å². The lowest BCUT2D eigenvalue weighted by Gasteiger charge is -2.44. The summed E-state index contributed by atoms with van der Waals surface area (Å²) in [5, 5.41) is 0. The van der Waals surface area contributed by atoms with E-state index in [1.54, 1.807) is 0 Å². The van der Waals surface area contributed by atoms with Gasteiger partial charge >= 0.3 is 0 Å². The third kappa shape index (κ3) is 2.06. The van der Waals surface area contributed by atoms with Crippen LogP contribution in [0.3, 0.4) is 0 Å². The predicted octanol–water partition coefficient (Wildman–Crippen LogP) is 2.79. The van der Waals surface area contributed by atoms with Crippen molar-refractivity contribution in [2.75, 3.05) is 19.0 Å². The molecule has 0 aromatic heterocycles. The molecular weight excluding hydrogens is 206 g/mol. The Balaban J connectivity index is 2.07. The lowest BCUT2D eigenvalue weighted by Crippen LogP contribution is -2.49. The number of ether oxygens (including phenoxy) is 1. The molecule has 2 aliphatic heterocycles. The largest absolute Gasteiger partial charge is 0.380 e. The SMILES string of the molecule is CC(C)N1SCC2(COC2)C(C)CC1C. The molecule has 2 atom stereocenters. The first-order valence-corrected chi connectivity index (χ1v) is 6.98. The van der Waals surface area contributed by atoms with Crippen LogP contribution >= 0.6 is 11.9 Å². The van der Waals surface area contributed by atoms with Crippen molar-refractivity contribution in [3.8, 4) is 0 Å². The summed E-state index contributed by atoms with van der Waals surface area (Å²) < 4.78 is 8.01. The van der Waals surface area contributed by atoms with Gasteiger partial charge in [0.1, 0.15) is 0 Å². The molecule has 2 saturated heterocycles. The molecule has 0 bridgehead atoms. The van der Waals surface area contributed by atoms with Crippen molar-refractivity contribution in [3.63, 3.8) is 0 Å². The Morgan fingerprint density at radius 1 is 1.33 bits per heavy atom. The average molecular weight is 229 g/mol. The highest BCUT2D eigenvalue weighted by Gasteiger charge is 2.46. The maximum atomic E-state index is 5.44. The van der Waals surface area contributed by atoms with Crippen molar-refractivity contribution in [1.82, 2.24) is 4.31 Å². The van der Waals surface area contributed by atoms with E-state index < -0.39 is 0 Å². The first kappa shape index (κ1) is 11.7. The lowest BCUT2D eigenvalue weighted by atomic mass is 9.73. The molecule has 2 unspecified atom stereocenters. The molecule has 0 saturated carbocycles.